The van der Waals surface area contributed by atoms with E-state index in [-0.39, 0.29) is 13.2 Å². The van der Waals surface area contributed by atoms with Gasteiger partial charge in [0.25, 0.3) is 0 Å². The Morgan fingerprint density at radius 3 is 2.53 bits per heavy atom. The third-order valence-corrected chi connectivity index (χ3v) is 2.10. The molecule has 0 aliphatic rings. The molecule has 84 valence electrons. The van der Waals surface area contributed by atoms with Crippen LogP contribution in [0.2, 0.25) is 0 Å². The van der Waals surface area contributed by atoms with E-state index in [1.165, 1.54) is 0 Å². The Balaban J connectivity index is 2.22. The summed E-state index contributed by atoms with van der Waals surface area (Å²) in [6.07, 6.45) is -0.916. The summed E-state index contributed by atoms with van der Waals surface area (Å²) >= 11 is 0. The standard InChI is InChI=1S/C11H17NO3/c12-10(11(14)6-13)8-15-7-9-4-2-1-3-5-9/h1-5,10-11,13-14H,6-8,12H2/t10-,11+/m0/s1. The van der Waals surface area contributed by atoms with Crippen LogP contribution in [0.3, 0.4) is 0 Å². The van der Waals surface area contributed by atoms with Gasteiger partial charge in [0, 0.05) is 0 Å². The first-order valence-corrected chi connectivity index (χ1v) is 4.90. The summed E-state index contributed by atoms with van der Waals surface area (Å²) < 4.78 is 5.31. The van der Waals surface area contributed by atoms with Crippen LogP contribution in [-0.2, 0) is 11.3 Å². The molecule has 1 aromatic carbocycles. The van der Waals surface area contributed by atoms with Crippen LogP contribution in [0, 0.1) is 0 Å². The molecular weight excluding hydrogens is 194 g/mol. The molecule has 15 heavy (non-hydrogen) atoms. The zero-order valence-corrected chi connectivity index (χ0v) is 8.54. The average Bonchev–Trinajstić information content (AvgIpc) is 2.29. The lowest BCUT2D eigenvalue weighted by molar-refractivity contribution is 0.0264. The fourth-order valence-corrected chi connectivity index (χ4v) is 1.13. The zero-order chi connectivity index (χ0) is 11.1. The lowest BCUT2D eigenvalue weighted by atomic mass is 10.2. The van der Waals surface area contributed by atoms with E-state index < -0.39 is 12.1 Å². The van der Waals surface area contributed by atoms with Gasteiger partial charge in [0.15, 0.2) is 0 Å². The fourth-order valence-electron chi connectivity index (χ4n) is 1.13. The highest BCUT2D eigenvalue weighted by molar-refractivity contribution is 5.13. The third-order valence-electron chi connectivity index (χ3n) is 2.10. The maximum absolute atomic E-state index is 9.17. The molecule has 2 atom stereocenters. The SMILES string of the molecule is N[C@@H](COCc1ccccc1)[C@H](O)CO. The van der Waals surface area contributed by atoms with Crippen LogP contribution in [0.5, 0.6) is 0 Å². The topological polar surface area (TPSA) is 75.7 Å². The van der Waals surface area contributed by atoms with Crippen molar-refractivity contribution in [3.63, 3.8) is 0 Å². The van der Waals surface area contributed by atoms with Gasteiger partial charge in [0.2, 0.25) is 0 Å². The van der Waals surface area contributed by atoms with Crippen molar-refractivity contribution in [2.75, 3.05) is 13.2 Å². The van der Waals surface area contributed by atoms with Crippen LogP contribution in [0.4, 0.5) is 0 Å². The van der Waals surface area contributed by atoms with Gasteiger partial charge in [-0.15, -0.1) is 0 Å². The van der Waals surface area contributed by atoms with Gasteiger partial charge in [0.1, 0.15) is 0 Å². The molecule has 4 N–H and O–H groups in total. The van der Waals surface area contributed by atoms with Gasteiger partial charge in [0.05, 0.1) is 32.0 Å². The molecule has 4 nitrogen and oxygen atoms in total. The number of hydrogen-bond donors (Lipinski definition) is 3. The Morgan fingerprint density at radius 1 is 1.27 bits per heavy atom. The summed E-state index contributed by atoms with van der Waals surface area (Å²) in [6.45, 7) is 0.360. The molecule has 1 aromatic rings. The first-order chi connectivity index (χ1) is 7.24. The van der Waals surface area contributed by atoms with E-state index in [2.05, 4.69) is 0 Å². The second kappa shape index (κ2) is 6.53. The monoisotopic (exact) mass is 211 g/mol. The van der Waals surface area contributed by atoms with Gasteiger partial charge in [-0.3, -0.25) is 0 Å². The lowest BCUT2D eigenvalue weighted by Crippen LogP contribution is -2.40. The highest BCUT2D eigenvalue weighted by Crippen LogP contribution is 2.01. The van der Waals surface area contributed by atoms with Crippen LogP contribution in [-0.4, -0.2) is 35.6 Å². The Bertz CT molecular complexity index is 266. The van der Waals surface area contributed by atoms with Crippen molar-refractivity contribution < 1.29 is 14.9 Å². The van der Waals surface area contributed by atoms with Crippen LogP contribution in [0.1, 0.15) is 5.56 Å². The first-order valence-electron chi connectivity index (χ1n) is 4.90. The third kappa shape index (κ3) is 4.40. The highest BCUT2D eigenvalue weighted by atomic mass is 16.5. The van der Waals surface area contributed by atoms with Gasteiger partial charge >= 0.3 is 0 Å². The van der Waals surface area contributed by atoms with E-state index in [0.717, 1.165) is 5.56 Å². The predicted octanol–water partition coefficient (Wildman–Crippen LogP) is -0.116. The molecular formula is C11H17NO3. The van der Waals surface area contributed by atoms with E-state index in [9.17, 15) is 0 Å². The summed E-state index contributed by atoms with van der Waals surface area (Å²) in [5.41, 5.74) is 6.62. The van der Waals surface area contributed by atoms with Crippen molar-refractivity contribution in [2.45, 2.75) is 18.8 Å². The maximum atomic E-state index is 9.17. The van der Waals surface area contributed by atoms with Gasteiger partial charge in [-0.05, 0) is 5.56 Å². The molecule has 0 bridgehead atoms. The molecule has 0 heterocycles. The quantitative estimate of drug-likeness (QED) is 0.613. The van der Waals surface area contributed by atoms with Crippen molar-refractivity contribution in [1.82, 2.24) is 0 Å². The average molecular weight is 211 g/mol. The lowest BCUT2D eigenvalue weighted by Gasteiger charge is -2.16. The van der Waals surface area contributed by atoms with E-state index >= 15 is 0 Å². The summed E-state index contributed by atoms with van der Waals surface area (Å²) in [6, 6.07) is 9.16. The molecule has 0 saturated carbocycles. The van der Waals surface area contributed by atoms with E-state index in [1.54, 1.807) is 0 Å². The van der Waals surface area contributed by atoms with E-state index in [1.807, 2.05) is 30.3 Å². The second-order valence-electron chi connectivity index (χ2n) is 3.41. The Morgan fingerprint density at radius 2 is 1.93 bits per heavy atom. The molecule has 1 rings (SSSR count). The summed E-state index contributed by atoms with van der Waals surface area (Å²) in [5, 5.41) is 17.8. The van der Waals surface area contributed by atoms with Crippen molar-refractivity contribution in [1.29, 1.82) is 0 Å². The van der Waals surface area contributed by atoms with E-state index in [0.29, 0.717) is 6.61 Å². The highest BCUT2D eigenvalue weighted by Gasteiger charge is 2.13. The van der Waals surface area contributed by atoms with Gasteiger partial charge in [-0.1, -0.05) is 30.3 Å². The summed E-state index contributed by atoms with van der Waals surface area (Å²) in [5.74, 6) is 0. The molecule has 0 radical (unpaired) electrons. The zero-order valence-electron chi connectivity index (χ0n) is 8.54. The minimum Gasteiger partial charge on any atom is -0.394 e. The first kappa shape index (κ1) is 12.1. The van der Waals surface area contributed by atoms with Crippen LogP contribution >= 0.6 is 0 Å². The van der Waals surface area contributed by atoms with Crippen molar-refractivity contribution in [2.24, 2.45) is 5.73 Å². The summed E-state index contributed by atoms with van der Waals surface area (Å²) in [4.78, 5) is 0. The molecule has 4 heteroatoms. The fraction of sp³-hybridized carbons (Fsp3) is 0.455. The molecule has 0 unspecified atom stereocenters. The molecule has 0 aliphatic carbocycles. The van der Waals surface area contributed by atoms with Crippen LogP contribution in [0.15, 0.2) is 30.3 Å². The van der Waals surface area contributed by atoms with Crippen molar-refractivity contribution in [3.05, 3.63) is 35.9 Å². The van der Waals surface area contributed by atoms with Crippen molar-refractivity contribution in [3.8, 4) is 0 Å². The number of benzene rings is 1. The maximum Gasteiger partial charge on any atom is 0.0943 e. The molecule has 0 aliphatic heterocycles. The Hall–Kier alpha value is -0.940. The second-order valence-corrected chi connectivity index (χ2v) is 3.41. The number of aliphatic hydroxyl groups excluding tert-OH is 2. The van der Waals surface area contributed by atoms with Gasteiger partial charge in [-0.25, -0.2) is 0 Å². The van der Waals surface area contributed by atoms with E-state index in [4.69, 9.17) is 20.7 Å². The van der Waals surface area contributed by atoms with Gasteiger partial charge < -0.3 is 20.7 Å². The smallest absolute Gasteiger partial charge is 0.0943 e. The largest absolute Gasteiger partial charge is 0.394 e. The molecule has 0 spiro atoms. The molecule has 0 aromatic heterocycles. The van der Waals surface area contributed by atoms with Crippen LogP contribution < -0.4 is 5.73 Å². The predicted molar refractivity (Wildman–Crippen MR) is 57.2 cm³/mol. The Kier molecular flexibility index (Phi) is 5.28. The summed E-state index contributed by atoms with van der Waals surface area (Å²) in [7, 11) is 0. The Labute approximate surface area is 89.3 Å². The van der Waals surface area contributed by atoms with Crippen molar-refractivity contribution >= 4 is 0 Å². The number of rotatable bonds is 6. The van der Waals surface area contributed by atoms with Crippen LogP contribution in [0.25, 0.3) is 0 Å². The molecule has 0 amide bonds. The number of nitrogens with two attached hydrogens (primary N) is 1. The van der Waals surface area contributed by atoms with Gasteiger partial charge in [-0.2, -0.15) is 0 Å². The minimum absolute atomic E-state index is 0.233. The number of ether oxygens (including phenoxy) is 1. The number of aliphatic hydroxyl groups is 2. The minimum atomic E-state index is -0.916. The molecule has 0 fully saturated rings. The molecule has 0 saturated heterocycles. The number of hydrogen-bond acceptors (Lipinski definition) is 4. The normalized spacial score (nSPS) is 14.9.